The lowest BCUT2D eigenvalue weighted by molar-refractivity contribution is -0.277. The van der Waals surface area contributed by atoms with E-state index in [-0.39, 0.29) is 52.4 Å². The molecule has 1 saturated heterocycles. The number of methoxy groups -OCH3 is 1. The highest BCUT2D eigenvalue weighted by Gasteiger charge is 2.46. The van der Waals surface area contributed by atoms with Crippen LogP contribution in [0.4, 0.5) is 0 Å². The number of aliphatic imine (C=N–C) groups is 1. The summed E-state index contributed by atoms with van der Waals surface area (Å²) in [7, 11) is 2.83. The maximum absolute atomic E-state index is 14.2. The highest BCUT2D eigenvalue weighted by Crippen LogP contribution is 2.42. The van der Waals surface area contributed by atoms with Crippen LogP contribution in [0.2, 0.25) is 0 Å². The summed E-state index contributed by atoms with van der Waals surface area (Å²) in [5, 5.41) is 58.1. The Balaban J connectivity index is 1.57. The van der Waals surface area contributed by atoms with Gasteiger partial charge in [-0.15, -0.1) is 0 Å². The zero-order valence-electron chi connectivity index (χ0n) is 25.1. The summed E-state index contributed by atoms with van der Waals surface area (Å²) in [4.78, 5) is 32.1. The van der Waals surface area contributed by atoms with Crippen LogP contribution in [0.15, 0.2) is 47.1 Å². The third-order valence-electron chi connectivity index (χ3n) is 8.19. The van der Waals surface area contributed by atoms with Gasteiger partial charge in [0, 0.05) is 42.5 Å². The van der Waals surface area contributed by atoms with Crippen molar-refractivity contribution < 1.29 is 49.3 Å². The molecule has 2 aromatic carbocycles. The Bertz CT molecular complexity index is 1620. The van der Waals surface area contributed by atoms with Crippen molar-refractivity contribution in [3.8, 4) is 17.2 Å². The molecule has 1 fully saturated rings. The van der Waals surface area contributed by atoms with Crippen LogP contribution >= 0.6 is 0 Å². The van der Waals surface area contributed by atoms with E-state index in [1.165, 1.54) is 26.3 Å². The van der Waals surface area contributed by atoms with E-state index < -0.39 is 54.6 Å². The molecule has 0 saturated carbocycles. The molecule has 0 bridgehead atoms. The molecule has 3 aliphatic rings. The van der Waals surface area contributed by atoms with Crippen molar-refractivity contribution in [1.29, 1.82) is 0 Å². The SMILES string of the molecule is CN=C(N)NCc1c(CCC2=CNC(N)C=C2)cc2c(c1O)C(=O)c1c(O[C@@H]3O[C@H](CO)[C@@H](O)[C@H](O)[C@H]3O)cc(OC)cc1C2=O. The van der Waals surface area contributed by atoms with Gasteiger partial charge in [0.05, 0.1) is 31.0 Å². The van der Waals surface area contributed by atoms with Crippen molar-refractivity contribution >= 4 is 17.5 Å². The highest BCUT2D eigenvalue weighted by molar-refractivity contribution is 6.30. The van der Waals surface area contributed by atoms with Gasteiger partial charge < -0.3 is 61.8 Å². The van der Waals surface area contributed by atoms with Crippen LogP contribution in [-0.2, 0) is 17.7 Å². The number of fused-ring (bicyclic) bond motifs is 2. The molecule has 5 rings (SSSR count). The topological polar surface area (TPSA) is 251 Å². The zero-order valence-corrected chi connectivity index (χ0v) is 25.1. The standard InChI is InChI=1S/C31H37N5O10/c1-34-31(33)36-11-18-14(5-3-13-4-6-21(32)35-10-13)7-16-23(25(18)39)27(41)22-17(24(16)38)8-15(44-2)9-19(22)45-30-29(43)28(42)26(40)20(12-37)46-30/h4,6-10,20-21,26,28-30,35,37,39-40,42-43H,3,5,11-12,32H2,1-2H3,(H3,33,34,36)/t20-,21?,26-,28+,29-,30-/m1/s1. The summed E-state index contributed by atoms with van der Waals surface area (Å²) in [5.41, 5.74) is 12.9. The normalized spacial score (nSPS) is 25.7. The maximum atomic E-state index is 14.2. The molecule has 46 heavy (non-hydrogen) atoms. The Morgan fingerprint density at radius 2 is 1.80 bits per heavy atom. The van der Waals surface area contributed by atoms with Gasteiger partial charge >= 0.3 is 0 Å². The lowest BCUT2D eigenvalue weighted by atomic mass is 9.80. The number of ketones is 2. The van der Waals surface area contributed by atoms with Crippen molar-refractivity contribution in [1.82, 2.24) is 10.6 Å². The first-order chi connectivity index (χ1) is 22.0. The summed E-state index contributed by atoms with van der Waals surface area (Å²) in [6.45, 7) is -0.718. The van der Waals surface area contributed by atoms with Crippen molar-refractivity contribution in [2.75, 3.05) is 20.8 Å². The number of aromatic hydroxyl groups is 1. The van der Waals surface area contributed by atoms with E-state index in [2.05, 4.69) is 15.6 Å². The molecule has 11 N–H and O–H groups in total. The predicted octanol–water partition coefficient (Wildman–Crippen LogP) is -1.35. The van der Waals surface area contributed by atoms with Gasteiger partial charge in [0.25, 0.3) is 0 Å². The number of hydrogen-bond acceptors (Lipinski definition) is 13. The second-order valence-corrected chi connectivity index (χ2v) is 11.0. The number of phenolic OH excluding ortho intramolecular Hbond substituents is 1. The quantitative estimate of drug-likeness (QED) is 0.0970. The highest BCUT2D eigenvalue weighted by atomic mass is 16.7. The van der Waals surface area contributed by atoms with E-state index in [0.29, 0.717) is 24.0 Å². The monoisotopic (exact) mass is 639 g/mol. The van der Waals surface area contributed by atoms with Crippen LogP contribution in [0.1, 0.15) is 49.4 Å². The number of hydrogen-bond donors (Lipinski definition) is 9. The van der Waals surface area contributed by atoms with Crippen LogP contribution < -0.4 is 31.6 Å². The van der Waals surface area contributed by atoms with E-state index in [4.69, 9.17) is 25.7 Å². The van der Waals surface area contributed by atoms with E-state index in [0.717, 1.165) is 5.57 Å². The first-order valence-electron chi connectivity index (χ1n) is 14.5. The number of aliphatic hydroxyl groups is 4. The Morgan fingerprint density at radius 1 is 1.07 bits per heavy atom. The molecule has 0 radical (unpaired) electrons. The number of aliphatic hydroxyl groups excluding tert-OH is 4. The first-order valence-corrected chi connectivity index (χ1v) is 14.5. The summed E-state index contributed by atoms with van der Waals surface area (Å²) < 4.78 is 16.6. The van der Waals surface area contributed by atoms with Gasteiger partial charge in [-0.1, -0.05) is 6.08 Å². The minimum Gasteiger partial charge on any atom is -0.507 e. The molecule has 6 atom stereocenters. The molecular weight excluding hydrogens is 602 g/mol. The largest absolute Gasteiger partial charge is 0.507 e. The lowest BCUT2D eigenvalue weighted by Crippen LogP contribution is -2.60. The molecule has 2 aliphatic heterocycles. The van der Waals surface area contributed by atoms with Gasteiger partial charge in [-0.25, -0.2) is 0 Å². The Morgan fingerprint density at radius 3 is 2.46 bits per heavy atom. The molecule has 0 spiro atoms. The number of benzene rings is 2. The third-order valence-corrected chi connectivity index (χ3v) is 8.19. The van der Waals surface area contributed by atoms with Crippen molar-refractivity contribution in [3.63, 3.8) is 0 Å². The zero-order chi connectivity index (χ0) is 33.3. The van der Waals surface area contributed by atoms with Gasteiger partial charge in [-0.3, -0.25) is 14.6 Å². The van der Waals surface area contributed by atoms with Gasteiger partial charge in [0.1, 0.15) is 41.7 Å². The molecule has 1 aliphatic carbocycles. The van der Waals surface area contributed by atoms with Gasteiger partial charge in [0.2, 0.25) is 12.1 Å². The Hall–Kier alpha value is -4.51. The molecule has 1 unspecified atom stereocenters. The maximum Gasteiger partial charge on any atom is 0.229 e. The van der Waals surface area contributed by atoms with Crippen LogP contribution in [0, 0.1) is 0 Å². The number of aryl methyl sites for hydroxylation is 1. The van der Waals surface area contributed by atoms with E-state index in [1.807, 2.05) is 6.08 Å². The Kier molecular flexibility index (Phi) is 9.62. The molecule has 2 heterocycles. The Labute approximate surface area is 263 Å². The molecule has 15 heteroatoms. The number of guanidine groups is 1. The number of dihydropyridines is 1. The second-order valence-electron chi connectivity index (χ2n) is 11.0. The molecular formula is C31H37N5O10. The number of phenols is 1. The number of nitrogens with one attached hydrogen (secondary N) is 2. The van der Waals surface area contributed by atoms with Crippen molar-refractivity contribution in [2.45, 2.75) is 56.3 Å². The van der Waals surface area contributed by atoms with Gasteiger partial charge in [-0.05, 0) is 42.2 Å². The third kappa shape index (κ3) is 6.16. The number of nitrogens with zero attached hydrogens (tertiary/aromatic N) is 1. The number of carbonyl (C=O) groups excluding carboxylic acids is 2. The first kappa shape index (κ1) is 32.9. The summed E-state index contributed by atoms with van der Waals surface area (Å²) in [6, 6.07) is 4.21. The molecule has 0 amide bonds. The van der Waals surface area contributed by atoms with Gasteiger partial charge in [-0.2, -0.15) is 0 Å². The van der Waals surface area contributed by atoms with E-state index in [9.17, 15) is 35.1 Å². The van der Waals surface area contributed by atoms with Crippen molar-refractivity contribution in [2.24, 2.45) is 16.5 Å². The van der Waals surface area contributed by atoms with E-state index >= 15 is 0 Å². The van der Waals surface area contributed by atoms with Crippen LogP contribution in [-0.4, -0.2) is 101 Å². The minimum atomic E-state index is -1.79. The fourth-order valence-electron chi connectivity index (χ4n) is 5.59. The van der Waals surface area contributed by atoms with Crippen LogP contribution in [0.5, 0.6) is 17.2 Å². The number of rotatable bonds is 9. The number of nitrogens with two attached hydrogens (primary N) is 2. The minimum absolute atomic E-state index is 0.0131. The summed E-state index contributed by atoms with van der Waals surface area (Å²) >= 11 is 0. The number of carbonyl (C=O) groups is 2. The average molecular weight is 640 g/mol. The molecule has 246 valence electrons. The van der Waals surface area contributed by atoms with Crippen LogP contribution in [0.3, 0.4) is 0 Å². The fourth-order valence-corrected chi connectivity index (χ4v) is 5.59. The molecule has 0 aromatic heterocycles. The van der Waals surface area contributed by atoms with E-state index in [1.54, 1.807) is 18.3 Å². The lowest BCUT2D eigenvalue weighted by Gasteiger charge is -2.39. The predicted molar refractivity (Wildman–Crippen MR) is 163 cm³/mol. The molecule has 15 nitrogen and oxygen atoms in total. The van der Waals surface area contributed by atoms with Crippen molar-refractivity contribution in [3.05, 3.63) is 75.5 Å². The van der Waals surface area contributed by atoms with Crippen LogP contribution in [0.25, 0.3) is 0 Å². The second kappa shape index (κ2) is 13.5. The molecule has 2 aromatic rings. The smallest absolute Gasteiger partial charge is 0.229 e. The average Bonchev–Trinajstić information content (AvgIpc) is 3.05. The summed E-state index contributed by atoms with van der Waals surface area (Å²) in [6.07, 6.45) is -2.06. The fraction of sp³-hybridized carbons (Fsp3) is 0.387. The van der Waals surface area contributed by atoms with Gasteiger partial charge in [0.15, 0.2) is 11.7 Å². The summed E-state index contributed by atoms with van der Waals surface area (Å²) in [5.74, 6) is -1.83. The number of ether oxygens (including phenoxy) is 3. The number of allylic oxidation sites excluding steroid dienone is 2.